The molecule has 1 aliphatic rings. The van der Waals surface area contributed by atoms with E-state index in [-0.39, 0.29) is 23.1 Å². The number of nitrogens with one attached hydrogen (secondary N) is 2. The van der Waals surface area contributed by atoms with Gasteiger partial charge in [-0.3, -0.25) is 10.1 Å². The fourth-order valence-electron chi connectivity index (χ4n) is 3.99. The van der Waals surface area contributed by atoms with E-state index in [1.807, 2.05) is 30.3 Å². The summed E-state index contributed by atoms with van der Waals surface area (Å²) in [4.78, 5) is 36.6. The largest absolute Gasteiger partial charge is 0.490 e. The molecule has 2 heterocycles. The molecule has 2 amide bonds. The van der Waals surface area contributed by atoms with Crippen LogP contribution in [0.25, 0.3) is 16.9 Å². The number of benzene rings is 2. The molecule has 0 aliphatic carbocycles. The zero-order chi connectivity index (χ0) is 26.0. The van der Waals surface area contributed by atoms with Gasteiger partial charge < -0.3 is 20.1 Å². The lowest BCUT2D eigenvalue weighted by atomic mass is 9.93. The molecule has 2 N–H and O–H groups in total. The van der Waals surface area contributed by atoms with Crippen molar-refractivity contribution in [3.8, 4) is 22.7 Å². The van der Waals surface area contributed by atoms with Gasteiger partial charge in [0.25, 0.3) is 0 Å². The summed E-state index contributed by atoms with van der Waals surface area (Å²) >= 11 is 0. The lowest BCUT2D eigenvalue weighted by molar-refractivity contribution is -0.385. The monoisotopic (exact) mass is 491 g/mol. The zero-order valence-electron chi connectivity index (χ0n) is 20.1. The van der Waals surface area contributed by atoms with Crippen LogP contribution in [0.1, 0.15) is 32.4 Å². The number of aromatic nitrogens is 2. The van der Waals surface area contributed by atoms with Gasteiger partial charge in [-0.25, -0.2) is 14.3 Å². The molecule has 0 saturated carbocycles. The number of nitro groups is 1. The SMILES string of the molecule is COc1ccc(-c2nn(-c3ccccc3)cc2C2NC(=O)NC(C)=C2C(=O)OC(C)C)cc1[N+](=O)[O-]. The van der Waals surface area contributed by atoms with E-state index in [0.717, 1.165) is 5.69 Å². The van der Waals surface area contributed by atoms with Crippen molar-refractivity contribution in [3.63, 3.8) is 0 Å². The van der Waals surface area contributed by atoms with Crippen molar-refractivity contribution in [2.24, 2.45) is 0 Å². The van der Waals surface area contributed by atoms with Gasteiger partial charge in [0.15, 0.2) is 5.75 Å². The third-order valence-corrected chi connectivity index (χ3v) is 5.56. The Morgan fingerprint density at radius 2 is 1.92 bits per heavy atom. The van der Waals surface area contributed by atoms with Gasteiger partial charge in [-0.15, -0.1) is 0 Å². The molecule has 0 spiro atoms. The summed E-state index contributed by atoms with van der Waals surface area (Å²) < 4.78 is 12.2. The quantitative estimate of drug-likeness (QED) is 0.289. The molecule has 186 valence electrons. The predicted octanol–water partition coefficient (Wildman–Crippen LogP) is 4.04. The Morgan fingerprint density at radius 1 is 1.19 bits per heavy atom. The van der Waals surface area contributed by atoms with Crippen molar-refractivity contribution in [1.29, 1.82) is 0 Å². The summed E-state index contributed by atoms with van der Waals surface area (Å²) in [5.41, 5.74) is 2.25. The number of rotatable bonds is 7. The molecular formula is C25H25N5O6. The Hall–Kier alpha value is -4.67. The summed E-state index contributed by atoms with van der Waals surface area (Å²) in [7, 11) is 1.35. The minimum Gasteiger partial charge on any atom is -0.490 e. The first-order valence-corrected chi connectivity index (χ1v) is 11.2. The third kappa shape index (κ3) is 4.76. The van der Waals surface area contributed by atoms with Gasteiger partial charge in [-0.1, -0.05) is 18.2 Å². The van der Waals surface area contributed by atoms with E-state index in [1.165, 1.54) is 19.2 Å². The van der Waals surface area contributed by atoms with Crippen LogP contribution in [0.4, 0.5) is 10.5 Å². The van der Waals surface area contributed by atoms with Crippen LogP contribution >= 0.6 is 0 Å². The van der Waals surface area contributed by atoms with E-state index in [0.29, 0.717) is 22.5 Å². The zero-order valence-corrected chi connectivity index (χ0v) is 20.1. The minimum atomic E-state index is -0.918. The number of esters is 1. The highest BCUT2D eigenvalue weighted by atomic mass is 16.6. The second-order valence-corrected chi connectivity index (χ2v) is 8.38. The molecule has 3 aromatic rings. The van der Waals surface area contributed by atoms with Gasteiger partial charge >= 0.3 is 17.7 Å². The second kappa shape index (κ2) is 9.90. The molecule has 0 saturated heterocycles. The van der Waals surface area contributed by atoms with Crippen molar-refractivity contribution in [2.45, 2.75) is 32.9 Å². The van der Waals surface area contributed by atoms with Gasteiger partial charge in [0, 0.05) is 29.1 Å². The highest BCUT2D eigenvalue weighted by Crippen LogP contribution is 2.38. The number of nitro benzene ring substituents is 1. The fraction of sp³-hybridized carbons (Fsp3) is 0.240. The van der Waals surface area contributed by atoms with Gasteiger partial charge in [0.05, 0.1) is 41.1 Å². The standard InChI is InChI=1S/C25H25N5O6/c1-14(2)36-24(31)21-15(3)26-25(32)27-23(21)18-13-29(17-8-6-5-7-9-17)28-22(18)16-10-11-20(35-4)19(12-16)30(33)34/h5-14,23H,1-4H3,(H2,26,27,32). The average Bonchev–Trinajstić information content (AvgIpc) is 3.28. The molecule has 36 heavy (non-hydrogen) atoms. The van der Waals surface area contributed by atoms with Crippen molar-refractivity contribution < 1.29 is 24.0 Å². The van der Waals surface area contributed by atoms with Gasteiger partial charge in [-0.2, -0.15) is 5.10 Å². The van der Waals surface area contributed by atoms with Crippen LogP contribution in [-0.4, -0.2) is 39.9 Å². The number of nitrogens with zero attached hydrogens (tertiary/aromatic N) is 3. The molecule has 4 rings (SSSR count). The Labute approximate surface area is 206 Å². The summed E-state index contributed by atoms with van der Waals surface area (Å²) in [6, 6.07) is 12.3. The first kappa shape index (κ1) is 24.5. The first-order valence-electron chi connectivity index (χ1n) is 11.2. The summed E-state index contributed by atoms with van der Waals surface area (Å²) in [5.74, 6) is -0.501. The van der Waals surface area contributed by atoms with Gasteiger partial charge in [-0.05, 0) is 45.0 Å². The summed E-state index contributed by atoms with van der Waals surface area (Å²) in [5, 5.41) is 21.8. The number of carbonyl (C=O) groups is 2. The molecule has 0 bridgehead atoms. The Balaban J connectivity index is 1.94. The van der Waals surface area contributed by atoms with Crippen LogP contribution in [0.2, 0.25) is 0 Å². The number of methoxy groups -OCH3 is 1. The molecule has 0 fully saturated rings. The molecule has 2 aromatic carbocycles. The lowest BCUT2D eigenvalue weighted by Crippen LogP contribution is -2.45. The Morgan fingerprint density at radius 3 is 2.56 bits per heavy atom. The number of urea groups is 1. The molecule has 1 unspecified atom stereocenters. The molecule has 0 radical (unpaired) electrons. The maximum absolute atomic E-state index is 13.1. The smallest absolute Gasteiger partial charge is 0.338 e. The summed E-state index contributed by atoms with van der Waals surface area (Å²) in [6.07, 6.45) is 1.30. The lowest BCUT2D eigenvalue weighted by Gasteiger charge is -2.28. The Kier molecular flexibility index (Phi) is 6.73. The molecule has 1 aromatic heterocycles. The number of amides is 2. The molecule has 1 atom stereocenters. The fourth-order valence-corrected chi connectivity index (χ4v) is 3.99. The molecule has 11 heteroatoms. The van der Waals surface area contributed by atoms with Crippen molar-refractivity contribution >= 4 is 17.7 Å². The number of carbonyl (C=O) groups excluding carboxylic acids is 2. The normalized spacial score (nSPS) is 15.4. The maximum atomic E-state index is 13.1. The van der Waals surface area contributed by atoms with E-state index >= 15 is 0 Å². The van der Waals surface area contributed by atoms with Crippen LogP contribution in [0.15, 0.2) is 66.0 Å². The van der Waals surface area contributed by atoms with Crippen LogP contribution in [0, 0.1) is 10.1 Å². The Bertz CT molecular complexity index is 1360. The third-order valence-electron chi connectivity index (χ3n) is 5.56. The minimum absolute atomic E-state index is 0.0971. The van der Waals surface area contributed by atoms with E-state index in [1.54, 1.807) is 37.7 Å². The highest BCUT2D eigenvalue weighted by molar-refractivity contribution is 5.95. The predicted molar refractivity (Wildman–Crippen MR) is 131 cm³/mol. The summed E-state index contributed by atoms with van der Waals surface area (Å²) in [6.45, 7) is 5.07. The van der Waals surface area contributed by atoms with Crippen LogP contribution < -0.4 is 15.4 Å². The topological polar surface area (TPSA) is 138 Å². The van der Waals surface area contributed by atoms with Crippen molar-refractivity contribution in [2.75, 3.05) is 7.11 Å². The van der Waals surface area contributed by atoms with Crippen LogP contribution in [-0.2, 0) is 9.53 Å². The van der Waals surface area contributed by atoms with E-state index in [4.69, 9.17) is 14.6 Å². The second-order valence-electron chi connectivity index (χ2n) is 8.38. The van der Waals surface area contributed by atoms with Gasteiger partial charge in [0.2, 0.25) is 0 Å². The van der Waals surface area contributed by atoms with Crippen LogP contribution in [0.3, 0.4) is 0 Å². The molecule has 1 aliphatic heterocycles. The van der Waals surface area contributed by atoms with Crippen molar-refractivity contribution in [1.82, 2.24) is 20.4 Å². The van der Waals surface area contributed by atoms with Crippen LogP contribution in [0.5, 0.6) is 5.75 Å². The molecule has 11 nitrogen and oxygen atoms in total. The highest BCUT2D eigenvalue weighted by Gasteiger charge is 2.36. The van der Waals surface area contributed by atoms with E-state index in [9.17, 15) is 19.7 Å². The van der Waals surface area contributed by atoms with E-state index in [2.05, 4.69) is 10.6 Å². The average molecular weight is 492 g/mol. The number of ether oxygens (including phenoxy) is 2. The van der Waals surface area contributed by atoms with Gasteiger partial charge in [0.1, 0.15) is 0 Å². The van der Waals surface area contributed by atoms with E-state index < -0.39 is 23.0 Å². The number of hydrogen-bond acceptors (Lipinski definition) is 7. The molecular weight excluding hydrogens is 466 g/mol. The maximum Gasteiger partial charge on any atom is 0.338 e. The first-order chi connectivity index (χ1) is 17.2. The number of para-hydroxylation sites is 1. The van der Waals surface area contributed by atoms with Crippen molar-refractivity contribution in [3.05, 3.63) is 81.7 Å². The number of allylic oxidation sites excluding steroid dienone is 1. The number of hydrogen-bond donors (Lipinski definition) is 2.